The molecule has 1 aromatic carbocycles. The van der Waals surface area contributed by atoms with E-state index in [1.165, 1.54) is 13.3 Å². The van der Waals surface area contributed by atoms with Gasteiger partial charge in [-0.1, -0.05) is 18.2 Å². The summed E-state index contributed by atoms with van der Waals surface area (Å²) in [7, 11) is 1.29. The number of rotatable bonds is 3. The fourth-order valence-electron chi connectivity index (χ4n) is 1.29. The van der Waals surface area contributed by atoms with Crippen molar-refractivity contribution in [2.75, 3.05) is 12.4 Å². The van der Waals surface area contributed by atoms with Gasteiger partial charge in [-0.25, -0.2) is 14.8 Å². The number of hydrogen-bond donors (Lipinski definition) is 1. The van der Waals surface area contributed by atoms with Crippen molar-refractivity contribution in [1.82, 2.24) is 9.97 Å². The van der Waals surface area contributed by atoms with Gasteiger partial charge < -0.3 is 10.1 Å². The molecule has 0 fully saturated rings. The van der Waals surface area contributed by atoms with Crippen LogP contribution in [0.3, 0.4) is 0 Å². The zero-order valence-electron chi connectivity index (χ0n) is 9.25. The minimum atomic E-state index is -0.554. The molecule has 0 unspecified atom stereocenters. The standard InChI is InChI=1S/C12H11N3O2/c1-17-12(16)11-13-8-7-10(15-11)14-9-5-3-2-4-6-9/h2-8H,1H3,(H,13,14,15). The zero-order valence-corrected chi connectivity index (χ0v) is 9.25. The van der Waals surface area contributed by atoms with E-state index in [0.29, 0.717) is 5.82 Å². The first kappa shape index (κ1) is 11.1. The number of carbonyl (C=O) groups is 1. The maximum absolute atomic E-state index is 11.2. The Bertz CT molecular complexity index is 514. The Hall–Kier alpha value is -2.43. The monoisotopic (exact) mass is 229 g/mol. The van der Waals surface area contributed by atoms with E-state index in [2.05, 4.69) is 20.0 Å². The molecule has 0 aliphatic rings. The molecular weight excluding hydrogens is 218 g/mol. The molecule has 0 radical (unpaired) electrons. The third kappa shape index (κ3) is 2.78. The molecule has 0 spiro atoms. The average molecular weight is 229 g/mol. The molecule has 0 atom stereocenters. The number of benzene rings is 1. The number of ether oxygens (including phenoxy) is 1. The lowest BCUT2D eigenvalue weighted by atomic mass is 10.3. The van der Waals surface area contributed by atoms with Gasteiger partial charge in [0, 0.05) is 11.9 Å². The van der Waals surface area contributed by atoms with Crippen LogP contribution in [-0.2, 0) is 4.74 Å². The van der Waals surface area contributed by atoms with E-state index in [9.17, 15) is 4.79 Å². The number of nitrogens with one attached hydrogen (secondary N) is 1. The highest BCUT2D eigenvalue weighted by Crippen LogP contribution is 2.13. The average Bonchev–Trinajstić information content (AvgIpc) is 2.39. The van der Waals surface area contributed by atoms with Crippen molar-refractivity contribution < 1.29 is 9.53 Å². The van der Waals surface area contributed by atoms with E-state index < -0.39 is 5.97 Å². The number of para-hydroxylation sites is 1. The van der Waals surface area contributed by atoms with Gasteiger partial charge in [0.05, 0.1) is 7.11 Å². The van der Waals surface area contributed by atoms with Crippen molar-refractivity contribution in [2.24, 2.45) is 0 Å². The molecule has 0 bridgehead atoms. The highest BCUT2D eigenvalue weighted by Gasteiger charge is 2.09. The molecule has 5 heteroatoms. The lowest BCUT2D eigenvalue weighted by Crippen LogP contribution is -2.08. The minimum Gasteiger partial charge on any atom is -0.463 e. The number of hydrogen-bond acceptors (Lipinski definition) is 5. The molecule has 0 aliphatic carbocycles. The number of nitrogens with zero attached hydrogens (tertiary/aromatic N) is 2. The first-order valence-corrected chi connectivity index (χ1v) is 5.03. The van der Waals surface area contributed by atoms with Gasteiger partial charge in [0.25, 0.3) is 0 Å². The summed E-state index contributed by atoms with van der Waals surface area (Å²) >= 11 is 0. The van der Waals surface area contributed by atoms with Crippen molar-refractivity contribution in [3.8, 4) is 0 Å². The molecule has 1 aromatic heterocycles. The van der Waals surface area contributed by atoms with Gasteiger partial charge in [-0.05, 0) is 18.2 Å². The largest absolute Gasteiger partial charge is 0.463 e. The molecular formula is C12H11N3O2. The summed E-state index contributed by atoms with van der Waals surface area (Å²) in [6.07, 6.45) is 1.50. The fourth-order valence-corrected chi connectivity index (χ4v) is 1.29. The highest BCUT2D eigenvalue weighted by atomic mass is 16.5. The molecule has 2 rings (SSSR count). The molecule has 0 saturated heterocycles. The Morgan fingerprint density at radius 3 is 2.71 bits per heavy atom. The van der Waals surface area contributed by atoms with Gasteiger partial charge in [-0.3, -0.25) is 0 Å². The third-order valence-electron chi connectivity index (χ3n) is 2.07. The molecule has 86 valence electrons. The summed E-state index contributed by atoms with van der Waals surface area (Å²) in [5, 5.41) is 3.06. The molecule has 2 aromatic rings. The summed E-state index contributed by atoms with van der Waals surface area (Å²) in [4.78, 5) is 19.1. The van der Waals surface area contributed by atoms with Crippen molar-refractivity contribution in [3.05, 3.63) is 48.4 Å². The summed E-state index contributed by atoms with van der Waals surface area (Å²) < 4.78 is 4.55. The second kappa shape index (κ2) is 5.07. The lowest BCUT2D eigenvalue weighted by molar-refractivity contribution is 0.0587. The first-order valence-electron chi connectivity index (χ1n) is 5.03. The van der Waals surface area contributed by atoms with Gasteiger partial charge in [0.2, 0.25) is 5.82 Å². The van der Waals surface area contributed by atoms with Gasteiger partial charge in [0.15, 0.2) is 0 Å². The summed E-state index contributed by atoms with van der Waals surface area (Å²) in [6, 6.07) is 11.2. The van der Waals surface area contributed by atoms with Crippen LogP contribution >= 0.6 is 0 Å². The van der Waals surface area contributed by atoms with Crippen LogP contribution in [0.15, 0.2) is 42.6 Å². The Labute approximate surface area is 98.5 Å². The molecule has 1 N–H and O–H groups in total. The third-order valence-corrected chi connectivity index (χ3v) is 2.07. The second-order valence-electron chi connectivity index (χ2n) is 3.25. The zero-order chi connectivity index (χ0) is 12.1. The lowest BCUT2D eigenvalue weighted by Gasteiger charge is -2.05. The van der Waals surface area contributed by atoms with E-state index in [1.54, 1.807) is 6.07 Å². The summed E-state index contributed by atoms with van der Waals surface area (Å²) in [5.41, 5.74) is 0.891. The molecule has 0 amide bonds. The SMILES string of the molecule is COC(=O)c1nccc(Nc2ccccc2)n1. The van der Waals surface area contributed by atoms with Crippen LogP contribution in [0.4, 0.5) is 11.5 Å². The van der Waals surface area contributed by atoms with E-state index in [0.717, 1.165) is 5.69 Å². The van der Waals surface area contributed by atoms with Crippen LogP contribution < -0.4 is 5.32 Å². The van der Waals surface area contributed by atoms with Crippen LogP contribution in [0.5, 0.6) is 0 Å². The smallest absolute Gasteiger partial charge is 0.376 e. The van der Waals surface area contributed by atoms with E-state index in [4.69, 9.17) is 0 Å². The minimum absolute atomic E-state index is 0.0356. The van der Waals surface area contributed by atoms with Crippen molar-refractivity contribution in [2.45, 2.75) is 0 Å². The van der Waals surface area contributed by atoms with Crippen LogP contribution in [-0.4, -0.2) is 23.0 Å². The molecule has 0 saturated carbocycles. The Balaban J connectivity index is 2.20. The fraction of sp³-hybridized carbons (Fsp3) is 0.0833. The van der Waals surface area contributed by atoms with Crippen molar-refractivity contribution in [1.29, 1.82) is 0 Å². The van der Waals surface area contributed by atoms with Gasteiger partial charge in [0.1, 0.15) is 5.82 Å². The number of aromatic nitrogens is 2. The Kier molecular flexibility index (Phi) is 3.30. The van der Waals surface area contributed by atoms with Crippen LogP contribution in [0.25, 0.3) is 0 Å². The maximum Gasteiger partial charge on any atom is 0.376 e. The molecule has 0 aliphatic heterocycles. The second-order valence-corrected chi connectivity index (χ2v) is 3.25. The number of methoxy groups -OCH3 is 1. The number of esters is 1. The predicted octanol–water partition coefficient (Wildman–Crippen LogP) is 2.01. The highest BCUT2D eigenvalue weighted by molar-refractivity contribution is 5.85. The quantitative estimate of drug-likeness (QED) is 0.815. The summed E-state index contributed by atoms with van der Waals surface area (Å²) in [5.74, 6) is 0.0294. The van der Waals surface area contributed by atoms with Crippen molar-refractivity contribution >= 4 is 17.5 Å². The van der Waals surface area contributed by atoms with E-state index >= 15 is 0 Å². The normalized spacial score (nSPS) is 9.71. The van der Waals surface area contributed by atoms with Crippen LogP contribution in [0.1, 0.15) is 10.6 Å². The number of carbonyl (C=O) groups excluding carboxylic acids is 1. The Morgan fingerprint density at radius 1 is 1.24 bits per heavy atom. The summed E-state index contributed by atoms with van der Waals surface area (Å²) in [6.45, 7) is 0. The van der Waals surface area contributed by atoms with Gasteiger partial charge in [-0.15, -0.1) is 0 Å². The Morgan fingerprint density at radius 2 is 2.00 bits per heavy atom. The van der Waals surface area contributed by atoms with Crippen LogP contribution in [0, 0.1) is 0 Å². The maximum atomic E-state index is 11.2. The molecule has 17 heavy (non-hydrogen) atoms. The molecule has 1 heterocycles. The van der Waals surface area contributed by atoms with Crippen LogP contribution in [0.2, 0.25) is 0 Å². The topological polar surface area (TPSA) is 64.1 Å². The van der Waals surface area contributed by atoms with Gasteiger partial charge >= 0.3 is 5.97 Å². The molecule has 5 nitrogen and oxygen atoms in total. The van der Waals surface area contributed by atoms with Crippen molar-refractivity contribution in [3.63, 3.8) is 0 Å². The van der Waals surface area contributed by atoms with E-state index in [-0.39, 0.29) is 5.82 Å². The predicted molar refractivity (Wildman–Crippen MR) is 63.1 cm³/mol. The number of anilines is 2. The van der Waals surface area contributed by atoms with E-state index in [1.807, 2.05) is 30.3 Å². The van der Waals surface area contributed by atoms with Gasteiger partial charge in [-0.2, -0.15) is 0 Å². The first-order chi connectivity index (χ1) is 8.29.